The van der Waals surface area contributed by atoms with Crippen molar-refractivity contribution in [3.63, 3.8) is 0 Å². The lowest BCUT2D eigenvalue weighted by atomic mass is 9.71. The Morgan fingerprint density at radius 3 is 2.40 bits per heavy atom. The molecule has 2 rings (SSSR count). The van der Waals surface area contributed by atoms with Crippen molar-refractivity contribution in [2.24, 2.45) is 4.99 Å². The number of alkyl halides is 2. The topological polar surface area (TPSA) is 47.9 Å². The maximum atomic E-state index is 13.0. The van der Waals surface area contributed by atoms with Gasteiger partial charge in [-0.25, -0.2) is 13.6 Å². The van der Waals surface area contributed by atoms with Gasteiger partial charge in [-0.2, -0.15) is 4.99 Å². The second-order valence-corrected chi connectivity index (χ2v) is 4.69. The molecular formula is C14H15F2NO3. The van der Waals surface area contributed by atoms with E-state index in [9.17, 15) is 13.6 Å². The van der Waals surface area contributed by atoms with Gasteiger partial charge in [-0.3, -0.25) is 0 Å². The molecule has 0 bridgehead atoms. The summed E-state index contributed by atoms with van der Waals surface area (Å²) in [4.78, 5) is 14.5. The quantitative estimate of drug-likeness (QED) is 0.615. The van der Waals surface area contributed by atoms with Crippen LogP contribution in [-0.4, -0.2) is 20.3 Å². The van der Waals surface area contributed by atoms with Crippen LogP contribution in [0.2, 0.25) is 0 Å². The van der Waals surface area contributed by atoms with Gasteiger partial charge in [0.1, 0.15) is 5.54 Å². The van der Waals surface area contributed by atoms with Gasteiger partial charge in [-0.15, -0.1) is 0 Å². The molecule has 1 saturated carbocycles. The third-order valence-electron chi connectivity index (χ3n) is 3.69. The highest BCUT2D eigenvalue weighted by Gasteiger charge is 2.42. The molecule has 1 aliphatic rings. The van der Waals surface area contributed by atoms with Crippen molar-refractivity contribution in [3.05, 3.63) is 23.3 Å². The third kappa shape index (κ3) is 2.27. The number of ether oxygens (including phenoxy) is 2. The lowest BCUT2D eigenvalue weighted by Crippen LogP contribution is -2.32. The minimum absolute atomic E-state index is 0.176. The largest absolute Gasteiger partial charge is 0.493 e. The molecule has 1 aliphatic carbocycles. The first kappa shape index (κ1) is 14.5. The molecular weight excluding hydrogens is 268 g/mol. The molecule has 1 aromatic rings. The summed E-state index contributed by atoms with van der Waals surface area (Å²) in [7, 11) is 2.81. The van der Waals surface area contributed by atoms with Crippen LogP contribution >= 0.6 is 0 Å². The molecule has 0 unspecified atom stereocenters. The number of hydrogen-bond acceptors (Lipinski definition) is 4. The highest BCUT2D eigenvalue weighted by atomic mass is 19.3. The second kappa shape index (κ2) is 5.59. The van der Waals surface area contributed by atoms with Gasteiger partial charge in [0.25, 0.3) is 6.43 Å². The summed E-state index contributed by atoms with van der Waals surface area (Å²) in [6, 6.07) is 2.58. The first-order chi connectivity index (χ1) is 9.57. The van der Waals surface area contributed by atoms with Crippen molar-refractivity contribution in [2.75, 3.05) is 14.2 Å². The van der Waals surface area contributed by atoms with Gasteiger partial charge in [-0.1, -0.05) is 0 Å². The van der Waals surface area contributed by atoms with Crippen LogP contribution in [0.4, 0.5) is 8.78 Å². The number of benzene rings is 1. The molecule has 0 spiro atoms. The van der Waals surface area contributed by atoms with E-state index in [4.69, 9.17) is 9.47 Å². The van der Waals surface area contributed by atoms with Crippen LogP contribution in [0.15, 0.2) is 17.1 Å². The van der Waals surface area contributed by atoms with E-state index >= 15 is 0 Å². The number of carbonyl (C=O) groups excluding carboxylic acids is 1. The van der Waals surface area contributed by atoms with Crippen LogP contribution in [0, 0.1) is 0 Å². The number of methoxy groups -OCH3 is 2. The number of halogens is 2. The molecule has 0 saturated heterocycles. The summed E-state index contributed by atoms with van der Waals surface area (Å²) in [5.41, 5.74) is -0.528. The Balaban J connectivity index is 2.65. The van der Waals surface area contributed by atoms with Gasteiger partial charge < -0.3 is 9.47 Å². The number of rotatable bonds is 5. The number of hydrogen-bond donors (Lipinski definition) is 0. The predicted molar refractivity (Wildman–Crippen MR) is 68.2 cm³/mol. The summed E-state index contributed by atoms with van der Waals surface area (Å²) in [5.74, 6) is 0.559. The van der Waals surface area contributed by atoms with E-state index in [1.54, 1.807) is 0 Å². The van der Waals surface area contributed by atoms with Crippen molar-refractivity contribution in [1.82, 2.24) is 0 Å². The predicted octanol–water partition coefficient (Wildman–Crippen LogP) is 3.36. The molecule has 1 fully saturated rings. The average Bonchev–Trinajstić information content (AvgIpc) is 2.41. The van der Waals surface area contributed by atoms with E-state index in [2.05, 4.69) is 4.99 Å². The zero-order valence-electron chi connectivity index (χ0n) is 11.3. The second-order valence-electron chi connectivity index (χ2n) is 4.69. The van der Waals surface area contributed by atoms with Gasteiger partial charge in [0.05, 0.1) is 14.2 Å². The van der Waals surface area contributed by atoms with Crippen molar-refractivity contribution >= 4 is 6.08 Å². The fourth-order valence-corrected chi connectivity index (χ4v) is 2.50. The molecule has 0 amide bonds. The van der Waals surface area contributed by atoms with Gasteiger partial charge in [-0.05, 0) is 31.4 Å². The van der Waals surface area contributed by atoms with E-state index in [0.717, 1.165) is 6.42 Å². The third-order valence-corrected chi connectivity index (χ3v) is 3.69. The fraction of sp³-hybridized carbons (Fsp3) is 0.500. The average molecular weight is 283 g/mol. The van der Waals surface area contributed by atoms with Crippen LogP contribution < -0.4 is 9.47 Å². The van der Waals surface area contributed by atoms with Gasteiger partial charge in [0.15, 0.2) is 11.5 Å². The Labute approximate surface area is 115 Å². The molecule has 0 heterocycles. The molecule has 0 aromatic heterocycles. The lowest BCUT2D eigenvalue weighted by molar-refractivity contribution is 0.150. The molecule has 0 N–H and O–H groups in total. The monoisotopic (exact) mass is 283 g/mol. The number of isocyanates is 1. The SMILES string of the molecule is COc1cc(C(F)F)cc(C2(N=C=O)CCC2)c1OC. The van der Waals surface area contributed by atoms with Crippen LogP contribution in [0.3, 0.4) is 0 Å². The Kier molecular flexibility index (Phi) is 4.04. The summed E-state index contributed by atoms with van der Waals surface area (Å²) in [5, 5.41) is 0. The van der Waals surface area contributed by atoms with E-state index in [1.807, 2.05) is 0 Å². The Morgan fingerprint density at radius 2 is 2.00 bits per heavy atom. The Hall–Kier alpha value is -1.94. The maximum absolute atomic E-state index is 13.0. The molecule has 4 nitrogen and oxygen atoms in total. The Morgan fingerprint density at radius 1 is 1.30 bits per heavy atom. The minimum Gasteiger partial charge on any atom is -0.493 e. The normalized spacial score (nSPS) is 16.2. The van der Waals surface area contributed by atoms with Crippen LogP contribution in [0.5, 0.6) is 11.5 Å². The van der Waals surface area contributed by atoms with E-state index in [1.165, 1.54) is 32.4 Å². The van der Waals surface area contributed by atoms with Crippen molar-refractivity contribution in [3.8, 4) is 11.5 Å². The van der Waals surface area contributed by atoms with Crippen molar-refractivity contribution < 1.29 is 23.0 Å². The molecule has 20 heavy (non-hydrogen) atoms. The standard InChI is InChI=1S/C14H15F2NO3/c1-19-11-7-9(13(15)16)6-10(12(11)20-2)14(17-8-18)4-3-5-14/h6-7,13H,3-5H2,1-2H3. The Bertz CT molecular complexity index is 550. The van der Waals surface area contributed by atoms with E-state index < -0.39 is 12.0 Å². The highest BCUT2D eigenvalue weighted by Crippen LogP contribution is 2.51. The van der Waals surface area contributed by atoms with E-state index in [0.29, 0.717) is 24.2 Å². The minimum atomic E-state index is -2.63. The van der Waals surface area contributed by atoms with Crippen molar-refractivity contribution in [1.29, 1.82) is 0 Å². The summed E-state index contributed by atoms with van der Waals surface area (Å²) >= 11 is 0. The first-order valence-electron chi connectivity index (χ1n) is 6.21. The molecule has 108 valence electrons. The fourth-order valence-electron chi connectivity index (χ4n) is 2.50. The molecule has 6 heteroatoms. The van der Waals surface area contributed by atoms with Gasteiger partial charge in [0.2, 0.25) is 6.08 Å². The maximum Gasteiger partial charge on any atom is 0.263 e. The first-order valence-corrected chi connectivity index (χ1v) is 6.21. The highest BCUT2D eigenvalue weighted by molar-refractivity contribution is 5.55. The zero-order valence-corrected chi connectivity index (χ0v) is 11.3. The summed E-state index contributed by atoms with van der Waals surface area (Å²) < 4.78 is 36.4. The number of nitrogens with zero attached hydrogens (tertiary/aromatic N) is 1. The molecule has 1 aromatic carbocycles. The smallest absolute Gasteiger partial charge is 0.263 e. The van der Waals surface area contributed by atoms with Crippen LogP contribution in [0.25, 0.3) is 0 Å². The van der Waals surface area contributed by atoms with E-state index in [-0.39, 0.29) is 11.3 Å². The lowest BCUT2D eigenvalue weighted by Gasteiger charge is -2.38. The molecule has 0 atom stereocenters. The van der Waals surface area contributed by atoms with Crippen LogP contribution in [0.1, 0.15) is 36.8 Å². The van der Waals surface area contributed by atoms with Gasteiger partial charge in [0, 0.05) is 11.1 Å². The summed E-state index contributed by atoms with van der Waals surface area (Å²) in [6.45, 7) is 0. The van der Waals surface area contributed by atoms with Gasteiger partial charge >= 0.3 is 0 Å². The molecule has 0 radical (unpaired) electrons. The molecule has 0 aliphatic heterocycles. The summed E-state index contributed by atoms with van der Waals surface area (Å²) in [6.07, 6.45) is 0.986. The zero-order chi connectivity index (χ0) is 14.8. The van der Waals surface area contributed by atoms with Crippen LogP contribution in [-0.2, 0) is 10.3 Å². The van der Waals surface area contributed by atoms with Crippen molar-refractivity contribution in [2.45, 2.75) is 31.2 Å². The number of aliphatic imine (C=N–C) groups is 1.